The van der Waals surface area contributed by atoms with Crippen LogP contribution in [0.3, 0.4) is 0 Å². The zero-order valence-corrected chi connectivity index (χ0v) is 14.8. The van der Waals surface area contributed by atoms with Crippen LogP contribution in [0.25, 0.3) is 10.8 Å². The Morgan fingerprint density at radius 3 is 2.31 bits per heavy atom. The molecule has 130 valence electrons. The molecule has 2 heteroatoms. The summed E-state index contributed by atoms with van der Waals surface area (Å²) in [7, 11) is 0. The van der Waals surface area contributed by atoms with Crippen LogP contribution in [-0.2, 0) is 4.79 Å². The van der Waals surface area contributed by atoms with Crippen molar-refractivity contribution in [2.24, 2.45) is 17.8 Å². The summed E-state index contributed by atoms with van der Waals surface area (Å²) in [6, 6.07) is 25.1. The van der Waals surface area contributed by atoms with Gasteiger partial charge in [-0.2, -0.15) is 0 Å². The first-order valence-electron chi connectivity index (χ1n) is 9.66. The highest BCUT2D eigenvalue weighted by Crippen LogP contribution is 2.60. The molecule has 5 rings (SSSR count). The van der Waals surface area contributed by atoms with E-state index in [2.05, 4.69) is 53.8 Å². The molecule has 0 radical (unpaired) electrons. The van der Waals surface area contributed by atoms with Gasteiger partial charge in [-0.15, -0.1) is 0 Å². The molecular weight excluding hydrogens is 318 g/mol. The number of nitrogens with one attached hydrogen (secondary N) is 1. The van der Waals surface area contributed by atoms with E-state index >= 15 is 0 Å². The minimum atomic E-state index is 0.160. The number of anilines is 1. The minimum absolute atomic E-state index is 0.160. The van der Waals surface area contributed by atoms with Crippen LogP contribution in [0, 0.1) is 17.8 Å². The van der Waals surface area contributed by atoms with E-state index in [9.17, 15) is 4.79 Å². The highest BCUT2D eigenvalue weighted by atomic mass is 16.2. The largest absolute Gasteiger partial charge is 0.325 e. The van der Waals surface area contributed by atoms with Crippen LogP contribution < -0.4 is 5.32 Å². The molecule has 4 atom stereocenters. The first-order chi connectivity index (χ1) is 12.8. The van der Waals surface area contributed by atoms with E-state index in [1.807, 2.05) is 24.3 Å². The van der Waals surface area contributed by atoms with E-state index in [-0.39, 0.29) is 11.8 Å². The van der Waals surface area contributed by atoms with E-state index in [0.717, 1.165) is 11.1 Å². The Balaban J connectivity index is 1.40. The van der Waals surface area contributed by atoms with Crippen LogP contribution in [-0.4, -0.2) is 5.91 Å². The average Bonchev–Trinajstić information content (AvgIpc) is 2.69. The van der Waals surface area contributed by atoms with Crippen molar-refractivity contribution in [2.45, 2.75) is 25.2 Å². The van der Waals surface area contributed by atoms with Crippen LogP contribution in [0.15, 0.2) is 72.8 Å². The van der Waals surface area contributed by atoms with Gasteiger partial charge < -0.3 is 5.32 Å². The number of hydrogen-bond acceptors (Lipinski definition) is 1. The second kappa shape index (κ2) is 6.28. The van der Waals surface area contributed by atoms with Crippen LogP contribution in [0.4, 0.5) is 5.69 Å². The molecule has 2 bridgehead atoms. The van der Waals surface area contributed by atoms with E-state index in [1.165, 1.54) is 30.2 Å². The standard InChI is InChI=1S/C24H23NO/c26-24(25-21-15-6-11-16-8-4-5-12-18(16)21)23-19-13-7-14-20(23)22(19)17-9-2-1-3-10-17/h1-6,8-12,15,19-20,22-23H,7,13-14H2,(H,25,26)/t19-,20+,22?,23?. The molecule has 2 nitrogen and oxygen atoms in total. The average molecular weight is 341 g/mol. The van der Waals surface area contributed by atoms with E-state index in [1.54, 1.807) is 0 Å². The van der Waals surface area contributed by atoms with Crippen molar-refractivity contribution in [2.75, 3.05) is 5.32 Å². The van der Waals surface area contributed by atoms with E-state index in [4.69, 9.17) is 0 Å². The van der Waals surface area contributed by atoms with Crippen molar-refractivity contribution >= 4 is 22.4 Å². The Bertz CT molecular complexity index is 931. The molecule has 2 saturated carbocycles. The van der Waals surface area contributed by atoms with Crippen LogP contribution in [0.5, 0.6) is 0 Å². The van der Waals surface area contributed by atoms with Gasteiger partial charge in [-0.3, -0.25) is 4.79 Å². The molecule has 0 spiro atoms. The molecule has 0 heterocycles. The highest BCUT2D eigenvalue weighted by Gasteiger charge is 2.55. The van der Waals surface area contributed by atoms with E-state index < -0.39 is 0 Å². The SMILES string of the molecule is O=C(Nc1cccc2ccccc12)C1[C@H]2CCC[C@@H]1C2c1ccccc1. The van der Waals surface area contributed by atoms with Gasteiger partial charge in [0.05, 0.1) is 0 Å². The number of rotatable bonds is 3. The van der Waals surface area contributed by atoms with E-state index in [0.29, 0.717) is 17.8 Å². The zero-order chi connectivity index (χ0) is 17.5. The molecule has 1 N–H and O–H groups in total. The predicted octanol–water partition coefficient (Wildman–Crippen LogP) is 5.61. The Morgan fingerprint density at radius 2 is 1.50 bits per heavy atom. The molecule has 2 unspecified atom stereocenters. The van der Waals surface area contributed by atoms with Crippen LogP contribution in [0.1, 0.15) is 30.7 Å². The number of fused-ring (bicyclic) bond motifs is 3. The lowest BCUT2D eigenvalue weighted by Crippen LogP contribution is -2.53. The predicted molar refractivity (Wildman–Crippen MR) is 106 cm³/mol. The summed E-state index contributed by atoms with van der Waals surface area (Å²) in [6.45, 7) is 0. The lowest BCUT2D eigenvalue weighted by Gasteiger charge is -2.55. The van der Waals surface area contributed by atoms with Crippen molar-refractivity contribution in [1.82, 2.24) is 0 Å². The summed E-state index contributed by atoms with van der Waals surface area (Å²) in [5, 5.41) is 5.53. The second-order valence-corrected chi connectivity index (χ2v) is 7.74. The third-order valence-corrected chi connectivity index (χ3v) is 6.45. The van der Waals surface area contributed by atoms with Gasteiger partial charge in [-0.25, -0.2) is 0 Å². The fraction of sp³-hybridized carbons (Fsp3) is 0.292. The summed E-state index contributed by atoms with van der Waals surface area (Å²) in [5.41, 5.74) is 2.35. The third-order valence-electron chi connectivity index (χ3n) is 6.45. The van der Waals surface area contributed by atoms with Crippen LogP contribution in [0.2, 0.25) is 0 Å². The van der Waals surface area contributed by atoms with Gasteiger partial charge in [0.15, 0.2) is 0 Å². The first-order valence-corrected chi connectivity index (χ1v) is 9.66. The Kier molecular flexibility index (Phi) is 3.77. The maximum Gasteiger partial charge on any atom is 0.228 e. The molecular formula is C24H23NO. The highest BCUT2D eigenvalue weighted by molar-refractivity contribution is 6.03. The second-order valence-electron chi connectivity index (χ2n) is 7.74. The van der Waals surface area contributed by atoms with Crippen molar-refractivity contribution in [1.29, 1.82) is 0 Å². The van der Waals surface area contributed by atoms with Crippen molar-refractivity contribution in [3.8, 4) is 0 Å². The minimum Gasteiger partial charge on any atom is -0.325 e. The number of carbonyl (C=O) groups excluding carboxylic acids is 1. The Hall–Kier alpha value is -2.61. The number of benzene rings is 3. The molecule has 3 aromatic carbocycles. The normalized spacial score (nSPS) is 26.9. The third kappa shape index (κ3) is 2.44. The summed E-state index contributed by atoms with van der Waals surface area (Å²) >= 11 is 0. The molecule has 2 aliphatic carbocycles. The van der Waals surface area contributed by atoms with Crippen molar-refractivity contribution < 1.29 is 4.79 Å². The van der Waals surface area contributed by atoms with Gasteiger partial charge in [0.1, 0.15) is 0 Å². The van der Waals surface area contributed by atoms with Gasteiger partial charge >= 0.3 is 0 Å². The Morgan fingerprint density at radius 1 is 0.808 bits per heavy atom. The Labute approximate surface area is 154 Å². The molecule has 0 saturated heterocycles. The van der Waals surface area contributed by atoms with Gasteiger partial charge in [0, 0.05) is 17.0 Å². The number of amides is 1. The monoisotopic (exact) mass is 341 g/mol. The van der Waals surface area contributed by atoms with Gasteiger partial charge in [-0.1, -0.05) is 73.2 Å². The summed E-state index contributed by atoms with van der Waals surface area (Å²) in [6.07, 6.45) is 3.60. The molecule has 1 amide bonds. The molecule has 2 aliphatic rings. The smallest absolute Gasteiger partial charge is 0.228 e. The maximum atomic E-state index is 13.1. The maximum absolute atomic E-state index is 13.1. The lowest BCUT2D eigenvalue weighted by molar-refractivity contribution is -0.135. The zero-order valence-electron chi connectivity index (χ0n) is 14.8. The summed E-state index contributed by atoms with van der Waals surface area (Å²) < 4.78 is 0. The molecule has 26 heavy (non-hydrogen) atoms. The fourth-order valence-electron chi connectivity index (χ4n) is 5.35. The molecule has 0 aromatic heterocycles. The lowest BCUT2D eigenvalue weighted by atomic mass is 9.48. The summed E-state index contributed by atoms with van der Waals surface area (Å²) in [4.78, 5) is 13.1. The number of hydrogen-bond donors (Lipinski definition) is 1. The molecule has 2 fully saturated rings. The molecule has 3 aromatic rings. The fourth-order valence-corrected chi connectivity index (χ4v) is 5.35. The van der Waals surface area contributed by atoms with Gasteiger partial charge in [0.25, 0.3) is 0 Å². The molecule has 0 aliphatic heterocycles. The van der Waals surface area contributed by atoms with Crippen molar-refractivity contribution in [3.63, 3.8) is 0 Å². The van der Waals surface area contributed by atoms with Gasteiger partial charge in [-0.05, 0) is 47.6 Å². The summed E-state index contributed by atoms with van der Waals surface area (Å²) in [5.74, 6) is 1.92. The van der Waals surface area contributed by atoms with Crippen molar-refractivity contribution in [3.05, 3.63) is 78.4 Å². The van der Waals surface area contributed by atoms with Crippen LogP contribution >= 0.6 is 0 Å². The first kappa shape index (κ1) is 15.6. The van der Waals surface area contributed by atoms with Gasteiger partial charge in [0.2, 0.25) is 5.91 Å². The number of carbonyl (C=O) groups is 1. The topological polar surface area (TPSA) is 29.1 Å². The quantitative estimate of drug-likeness (QED) is 0.659.